The van der Waals surface area contributed by atoms with Gasteiger partial charge in [-0.15, -0.1) is 0 Å². The van der Waals surface area contributed by atoms with Crippen LogP contribution in [0.25, 0.3) is 0 Å². The molecule has 0 spiro atoms. The van der Waals surface area contributed by atoms with Crippen molar-refractivity contribution >= 4 is 26.0 Å². The van der Waals surface area contributed by atoms with Crippen LogP contribution in [0.15, 0.2) is 27.6 Å². The minimum atomic E-state index is -3.59. The lowest BCUT2D eigenvalue weighted by atomic mass is 10.3. The highest BCUT2D eigenvalue weighted by Gasteiger charge is 2.15. The Hall–Kier alpha value is -0.630. The van der Waals surface area contributed by atoms with E-state index in [1.54, 1.807) is 6.07 Å². The van der Waals surface area contributed by atoms with Crippen molar-refractivity contribution in [1.82, 2.24) is 4.72 Å². The molecule has 0 bridgehead atoms. The molecule has 0 saturated carbocycles. The Bertz CT molecular complexity index is 475. The van der Waals surface area contributed by atoms with Gasteiger partial charge in [0.05, 0.1) is 22.6 Å². The van der Waals surface area contributed by atoms with Crippen LogP contribution in [0.3, 0.4) is 0 Å². The van der Waals surface area contributed by atoms with E-state index in [-0.39, 0.29) is 18.0 Å². The predicted octanol–water partition coefficient (Wildman–Crippen LogP) is 1.12. The van der Waals surface area contributed by atoms with Crippen molar-refractivity contribution in [3.8, 4) is 5.75 Å². The molecule has 0 aliphatic heterocycles. The number of benzene rings is 1. The summed E-state index contributed by atoms with van der Waals surface area (Å²) in [4.78, 5) is 0.109. The summed E-state index contributed by atoms with van der Waals surface area (Å²) >= 11 is 3.27. The van der Waals surface area contributed by atoms with Gasteiger partial charge in [0.2, 0.25) is 10.0 Å². The van der Waals surface area contributed by atoms with Crippen LogP contribution in [0.5, 0.6) is 5.75 Å². The molecule has 7 heteroatoms. The van der Waals surface area contributed by atoms with Gasteiger partial charge in [-0.3, -0.25) is 0 Å². The maximum absolute atomic E-state index is 11.8. The Balaban J connectivity index is 3.02. The first kappa shape index (κ1) is 14.4. The van der Waals surface area contributed by atoms with Crippen molar-refractivity contribution in [1.29, 1.82) is 0 Å². The Morgan fingerprint density at radius 2 is 2.18 bits per heavy atom. The smallest absolute Gasteiger partial charge is 0.240 e. The fraction of sp³-hybridized carbons (Fsp3) is 0.400. The lowest BCUT2D eigenvalue weighted by Crippen LogP contribution is -2.26. The number of rotatable bonds is 6. The maximum atomic E-state index is 11.8. The van der Waals surface area contributed by atoms with Crippen molar-refractivity contribution in [2.45, 2.75) is 11.8 Å². The standard InChI is InChI=1S/C10H14BrNO4S/c1-2-16-10-7-8(3-4-9(10)11)17(14,15)12-5-6-13/h3-4,7,12-13H,2,5-6H2,1H3. The van der Waals surface area contributed by atoms with E-state index < -0.39 is 10.0 Å². The number of aliphatic hydroxyl groups is 1. The largest absolute Gasteiger partial charge is 0.493 e. The zero-order valence-corrected chi connectivity index (χ0v) is 11.7. The first-order valence-corrected chi connectivity index (χ1v) is 7.31. The molecule has 2 N–H and O–H groups in total. The lowest BCUT2D eigenvalue weighted by molar-refractivity contribution is 0.301. The van der Waals surface area contributed by atoms with Crippen molar-refractivity contribution in [2.75, 3.05) is 19.8 Å². The number of ether oxygens (including phenoxy) is 1. The number of nitrogens with one attached hydrogen (secondary N) is 1. The number of aliphatic hydroxyl groups excluding tert-OH is 1. The predicted molar refractivity (Wildman–Crippen MR) is 67.6 cm³/mol. The van der Waals surface area contributed by atoms with E-state index in [2.05, 4.69) is 20.7 Å². The zero-order chi connectivity index (χ0) is 12.9. The number of sulfonamides is 1. The summed E-state index contributed by atoms with van der Waals surface area (Å²) in [5.41, 5.74) is 0. The molecule has 0 aliphatic rings. The molecular formula is C10H14BrNO4S. The molecule has 1 rings (SSSR count). The molecule has 0 fully saturated rings. The second-order valence-electron chi connectivity index (χ2n) is 3.15. The van der Waals surface area contributed by atoms with Gasteiger partial charge < -0.3 is 9.84 Å². The van der Waals surface area contributed by atoms with Gasteiger partial charge in [-0.25, -0.2) is 13.1 Å². The second-order valence-corrected chi connectivity index (χ2v) is 5.77. The second kappa shape index (κ2) is 6.34. The average Bonchev–Trinajstić information content (AvgIpc) is 2.29. The molecule has 0 radical (unpaired) electrons. The molecule has 0 saturated heterocycles. The molecule has 17 heavy (non-hydrogen) atoms. The molecule has 0 amide bonds. The van der Waals surface area contributed by atoms with Crippen LogP contribution in [-0.2, 0) is 10.0 Å². The van der Waals surface area contributed by atoms with E-state index in [0.29, 0.717) is 16.8 Å². The quantitative estimate of drug-likeness (QED) is 0.822. The first-order valence-electron chi connectivity index (χ1n) is 5.04. The Morgan fingerprint density at radius 3 is 2.76 bits per heavy atom. The van der Waals surface area contributed by atoms with E-state index >= 15 is 0 Å². The van der Waals surface area contributed by atoms with Crippen LogP contribution in [0.4, 0.5) is 0 Å². The molecular weight excluding hydrogens is 310 g/mol. The highest BCUT2D eigenvalue weighted by Crippen LogP contribution is 2.27. The highest BCUT2D eigenvalue weighted by molar-refractivity contribution is 9.10. The number of hydrogen-bond acceptors (Lipinski definition) is 4. The third kappa shape index (κ3) is 3.95. The highest BCUT2D eigenvalue weighted by atomic mass is 79.9. The van der Waals surface area contributed by atoms with Gasteiger partial charge in [0.1, 0.15) is 5.75 Å². The summed E-state index contributed by atoms with van der Waals surface area (Å²) in [5.74, 6) is 0.472. The van der Waals surface area contributed by atoms with Crippen LogP contribution >= 0.6 is 15.9 Å². The average molecular weight is 324 g/mol. The zero-order valence-electron chi connectivity index (χ0n) is 9.31. The summed E-state index contributed by atoms with van der Waals surface area (Å²) in [6.07, 6.45) is 0. The summed E-state index contributed by atoms with van der Waals surface area (Å²) in [7, 11) is -3.59. The molecule has 0 heterocycles. The van der Waals surface area contributed by atoms with Crippen molar-refractivity contribution in [3.05, 3.63) is 22.7 Å². The minimum Gasteiger partial charge on any atom is -0.493 e. The van der Waals surface area contributed by atoms with Gasteiger partial charge in [-0.1, -0.05) is 0 Å². The topological polar surface area (TPSA) is 75.6 Å². The van der Waals surface area contributed by atoms with E-state index in [9.17, 15) is 8.42 Å². The third-order valence-corrected chi connectivity index (χ3v) is 4.03. The van der Waals surface area contributed by atoms with Gasteiger partial charge in [0.15, 0.2) is 0 Å². The van der Waals surface area contributed by atoms with Gasteiger partial charge in [-0.2, -0.15) is 0 Å². The van der Waals surface area contributed by atoms with Crippen molar-refractivity contribution in [3.63, 3.8) is 0 Å². The molecule has 1 aromatic carbocycles. The molecule has 0 aliphatic carbocycles. The summed E-state index contributed by atoms with van der Waals surface area (Å²) in [6.45, 7) is 2.01. The molecule has 5 nitrogen and oxygen atoms in total. The van der Waals surface area contributed by atoms with Crippen LogP contribution in [0, 0.1) is 0 Å². The van der Waals surface area contributed by atoms with Crippen molar-refractivity contribution < 1.29 is 18.3 Å². The van der Waals surface area contributed by atoms with Crippen molar-refractivity contribution in [2.24, 2.45) is 0 Å². The van der Waals surface area contributed by atoms with Gasteiger partial charge in [0.25, 0.3) is 0 Å². The Kier molecular flexibility index (Phi) is 5.38. The molecule has 1 aromatic rings. The van der Waals surface area contributed by atoms with E-state index in [0.717, 1.165) is 0 Å². The minimum absolute atomic E-state index is 0.0115. The summed E-state index contributed by atoms with van der Waals surface area (Å²) in [6, 6.07) is 4.51. The van der Waals surface area contributed by atoms with Crippen LogP contribution in [0.2, 0.25) is 0 Å². The van der Waals surface area contributed by atoms with Gasteiger partial charge in [0, 0.05) is 12.6 Å². The fourth-order valence-electron chi connectivity index (χ4n) is 1.18. The van der Waals surface area contributed by atoms with Gasteiger partial charge >= 0.3 is 0 Å². The van der Waals surface area contributed by atoms with Crippen LogP contribution < -0.4 is 9.46 Å². The van der Waals surface area contributed by atoms with Crippen LogP contribution in [0.1, 0.15) is 6.92 Å². The third-order valence-electron chi connectivity index (χ3n) is 1.92. The van der Waals surface area contributed by atoms with Gasteiger partial charge in [-0.05, 0) is 35.0 Å². The molecule has 0 unspecified atom stereocenters. The summed E-state index contributed by atoms with van der Waals surface area (Å²) in [5, 5.41) is 8.60. The van der Waals surface area contributed by atoms with E-state index in [1.807, 2.05) is 6.92 Å². The molecule has 0 atom stereocenters. The Labute approximate surface area is 109 Å². The summed E-state index contributed by atoms with van der Waals surface area (Å²) < 4.78 is 31.8. The molecule has 0 aromatic heterocycles. The number of hydrogen-bond donors (Lipinski definition) is 2. The monoisotopic (exact) mass is 323 g/mol. The molecule has 96 valence electrons. The normalized spacial score (nSPS) is 11.5. The first-order chi connectivity index (χ1) is 8.01. The fourth-order valence-corrected chi connectivity index (χ4v) is 2.58. The van der Waals surface area contributed by atoms with E-state index in [1.165, 1.54) is 12.1 Å². The van der Waals surface area contributed by atoms with Crippen LogP contribution in [-0.4, -0.2) is 33.3 Å². The maximum Gasteiger partial charge on any atom is 0.240 e. The Morgan fingerprint density at radius 1 is 1.47 bits per heavy atom. The lowest BCUT2D eigenvalue weighted by Gasteiger charge is -2.09. The van der Waals surface area contributed by atoms with E-state index in [4.69, 9.17) is 9.84 Å². The SMILES string of the molecule is CCOc1cc(S(=O)(=O)NCCO)ccc1Br. The number of halogens is 1.